The first kappa shape index (κ1) is 14.4. The van der Waals surface area contributed by atoms with Crippen molar-refractivity contribution in [2.24, 2.45) is 5.73 Å². The van der Waals surface area contributed by atoms with Gasteiger partial charge in [-0.1, -0.05) is 24.4 Å². The highest BCUT2D eigenvalue weighted by atomic mass is 32.1. The second-order valence-corrected chi connectivity index (χ2v) is 4.95. The molecule has 2 aromatic carbocycles. The van der Waals surface area contributed by atoms with Gasteiger partial charge in [0.25, 0.3) is 0 Å². The van der Waals surface area contributed by atoms with E-state index in [1.807, 2.05) is 36.2 Å². The van der Waals surface area contributed by atoms with Crippen LogP contribution in [0.4, 0.5) is 14.5 Å². The van der Waals surface area contributed by atoms with Crippen LogP contribution in [0.3, 0.4) is 0 Å². The number of halogens is 2. The second kappa shape index (κ2) is 5.96. The Morgan fingerprint density at radius 2 is 1.75 bits per heavy atom. The molecule has 104 valence electrons. The normalized spacial score (nSPS) is 10.3. The smallest absolute Gasteiger partial charge is 0.126 e. The van der Waals surface area contributed by atoms with Gasteiger partial charge >= 0.3 is 0 Å². The molecule has 0 heterocycles. The fraction of sp³-hybridized carbons (Fsp3) is 0.133. The van der Waals surface area contributed by atoms with Crippen LogP contribution in [0.5, 0.6) is 0 Å². The predicted octanol–water partition coefficient (Wildman–Crippen LogP) is 3.24. The number of hydrogen-bond acceptors (Lipinski definition) is 2. The summed E-state index contributed by atoms with van der Waals surface area (Å²) in [6.45, 7) is 0.355. The van der Waals surface area contributed by atoms with Gasteiger partial charge in [-0.15, -0.1) is 0 Å². The van der Waals surface area contributed by atoms with Crippen molar-refractivity contribution >= 4 is 22.9 Å². The summed E-state index contributed by atoms with van der Waals surface area (Å²) in [6, 6.07) is 10.9. The van der Waals surface area contributed by atoms with Gasteiger partial charge in [-0.3, -0.25) is 0 Å². The topological polar surface area (TPSA) is 29.3 Å². The van der Waals surface area contributed by atoms with Crippen LogP contribution in [0.1, 0.15) is 11.1 Å². The number of nitrogens with zero attached hydrogens (tertiary/aromatic N) is 1. The summed E-state index contributed by atoms with van der Waals surface area (Å²) < 4.78 is 26.4. The van der Waals surface area contributed by atoms with Gasteiger partial charge in [0, 0.05) is 30.9 Å². The molecule has 2 rings (SSSR count). The Hall–Kier alpha value is -2.01. The van der Waals surface area contributed by atoms with Gasteiger partial charge in [0.1, 0.15) is 16.6 Å². The van der Waals surface area contributed by atoms with E-state index in [9.17, 15) is 8.78 Å². The average Bonchev–Trinajstić information content (AvgIpc) is 2.37. The Balaban J connectivity index is 2.28. The molecule has 0 saturated carbocycles. The van der Waals surface area contributed by atoms with Crippen molar-refractivity contribution in [3.8, 4) is 0 Å². The van der Waals surface area contributed by atoms with Gasteiger partial charge in [-0.25, -0.2) is 8.78 Å². The van der Waals surface area contributed by atoms with Crippen molar-refractivity contribution in [3.05, 3.63) is 65.2 Å². The molecule has 2 nitrogen and oxygen atoms in total. The minimum Gasteiger partial charge on any atom is -0.389 e. The molecule has 0 spiro atoms. The van der Waals surface area contributed by atoms with Crippen LogP contribution in [0.15, 0.2) is 42.5 Å². The molecule has 0 bridgehead atoms. The van der Waals surface area contributed by atoms with Gasteiger partial charge < -0.3 is 10.6 Å². The highest BCUT2D eigenvalue weighted by Gasteiger charge is 2.10. The minimum absolute atomic E-state index is 0.290. The molecule has 0 aliphatic heterocycles. The Labute approximate surface area is 121 Å². The van der Waals surface area contributed by atoms with E-state index < -0.39 is 11.6 Å². The first-order valence-electron chi connectivity index (χ1n) is 6.02. The van der Waals surface area contributed by atoms with Crippen LogP contribution in [0.25, 0.3) is 0 Å². The van der Waals surface area contributed by atoms with Crippen molar-refractivity contribution in [1.82, 2.24) is 0 Å². The summed E-state index contributed by atoms with van der Waals surface area (Å²) >= 11 is 5.01. The van der Waals surface area contributed by atoms with Gasteiger partial charge in [0.05, 0.1) is 0 Å². The molecule has 0 aliphatic carbocycles. The van der Waals surface area contributed by atoms with Crippen LogP contribution in [0.2, 0.25) is 0 Å². The summed E-state index contributed by atoms with van der Waals surface area (Å²) in [7, 11) is 1.82. The maximum atomic E-state index is 13.2. The first-order valence-corrected chi connectivity index (χ1v) is 6.43. The lowest BCUT2D eigenvalue weighted by Gasteiger charge is -2.22. The molecule has 20 heavy (non-hydrogen) atoms. The molecule has 0 aliphatic rings. The number of hydrogen-bond donors (Lipinski definition) is 1. The summed E-state index contributed by atoms with van der Waals surface area (Å²) in [4.78, 5) is 2.14. The molecule has 0 saturated heterocycles. The largest absolute Gasteiger partial charge is 0.389 e. The molecule has 2 aromatic rings. The zero-order chi connectivity index (χ0) is 14.7. The van der Waals surface area contributed by atoms with Crippen LogP contribution >= 0.6 is 12.2 Å². The quantitative estimate of drug-likeness (QED) is 0.877. The Morgan fingerprint density at radius 1 is 1.15 bits per heavy atom. The molecule has 0 aromatic heterocycles. The van der Waals surface area contributed by atoms with Gasteiger partial charge in [0.2, 0.25) is 0 Å². The number of anilines is 1. The van der Waals surface area contributed by atoms with Gasteiger partial charge in [0.15, 0.2) is 0 Å². The first-order chi connectivity index (χ1) is 9.47. The molecular weight excluding hydrogens is 278 g/mol. The van der Waals surface area contributed by atoms with Crippen LogP contribution < -0.4 is 10.6 Å². The van der Waals surface area contributed by atoms with Crippen LogP contribution in [0, 0.1) is 11.6 Å². The number of para-hydroxylation sites is 1. The SMILES string of the molecule is CN(Cc1cc(F)cc(F)c1)c1ccccc1C(N)=S. The predicted molar refractivity (Wildman–Crippen MR) is 80.8 cm³/mol. The second-order valence-electron chi connectivity index (χ2n) is 4.52. The Morgan fingerprint density at radius 3 is 2.35 bits per heavy atom. The van der Waals surface area contributed by atoms with E-state index in [0.29, 0.717) is 12.1 Å². The van der Waals surface area contributed by atoms with Crippen LogP contribution in [-0.4, -0.2) is 12.0 Å². The standard InChI is InChI=1S/C15H14F2N2S/c1-19(9-10-6-11(16)8-12(17)7-10)14-5-3-2-4-13(14)15(18)20/h2-8H,9H2,1H3,(H2,18,20). The van der Waals surface area contributed by atoms with E-state index in [-0.39, 0.29) is 4.99 Å². The number of benzene rings is 2. The molecular formula is C15H14F2N2S. The third-order valence-corrected chi connectivity index (χ3v) is 3.14. The lowest BCUT2D eigenvalue weighted by Crippen LogP contribution is -2.21. The highest BCUT2D eigenvalue weighted by molar-refractivity contribution is 7.80. The summed E-state index contributed by atoms with van der Waals surface area (Å²) in [5.41, 5.74) is 7.78. The van der Waals surface area contributed by atoms with E-state index in [0.717, 1.165) is 17.3 Å². The lowest BCUT2D eigenvalue weighted by molar-refractivity contribution is 0.579. The zero-order valence-electron chi connectivity index (χ0n) is 10.9. The van der Waals surface area contributed by atoms with Crippen molar-refractivity contribution in [2.75, 3.05) is 11.9 Å². The van der Waals surface area contributed by atoms with Crippen molar-refractivity contribution in [1.29, 1.82) is 0 Å². The van der Waals surface area contributed by atoms with E-state index in [1.165, 1.54) is 12.1 Å². The zero-order valence-corrected chi connectivity index (χ0v) is 11.8. The summed E-state index contributed by atoms with van der Waals surface area (Å²) in [5.74, 6) is -1.17. The maximum absolute atomic E-state index is 13.2. The van der Waals surface area contributed by atoms with E-state index >= 15 is 0 Å². The molecule has 0 atom stereocenters. The molecule has 2 N–H and O–H groups in total. The number of nitrogens with two attached hydrogens (primary N) is 1. The van der Waals surface area contributed by atoms with Crippen molar-refractivity contribution in [2.45, 2.75) is 6.54 Å². The molecule has 0 fully saturated rings. The summed E-state index contributed by atoms with van der Waals surface area (Å²) in [6.07, 6.45) is 0. The van der Waals surface area contributed by atoms with Crippen molar-refractivity contribution in [3.63, 3.8) is 0 Å². The Kier molecular flexibility index (Phi) is 4.29. The number of rotatable bonds is 4. The number of thiocarbonyl (C=S) groups is 1. The maximum Gasteiger partial charge on any atom is 0.126 e. The van der Waals surface area contributed by atoms with Gasteiger partial charge in [-0.05, 0) is 29.8 Å². The molecule has 0 radical (unpaired) electrons. The molecule has 5 heteroatoms. The molecule has 0 unspecified atom stereocenters. The minimum atomic E-state index is -0.587. The third-order valence-electron chi connectivity index (χ3n) is 2.92. The lowest BCUT2D eigenvalue weighted by atomic mass is 10.1. The summed E-state index contributed by atoms with van der Waals surface area (Å²) in [5, 5.41) is 0. The van der Waals surface area contributed by atoms with Crippen molar-refractivity contribution < 1.29 is 8.78 Å². The van der Waals surface area contributed by atoms with E-state index in [4.69, 9.17) is 18.0 Å². The fourth-order valence-corrected chi connectivity index (χ4v) is 2.25. The highest BCUT2D eigenvalue weighted by Crippen LogP contribution is 2.21. The molecule has 0 amide bonds. The van der Waals surface area contributed by atoms with Gasteiger partial charge in [-0.2, -0.15) is 0 Å². The van der Waals surface area contributed by atoms with Crippen LogP contribution in [-0.2, 0) is 6.54 Å². The monoisotopic (exact) mass is 292 g/mol. The fourth-order valence-electron chi connectivity index (χ4n) is 2.08. The van der Waals surface area contributed by atoms with E-state index in [1.54, 1.807) is 0 Å². The third kappa shape index (κ3) is 3.30. The van der Waals surface area contributed by atoms with E-state index in [2.05, 4.69) is 0 Å². The Bertz CT molecular complexity index is 623. The average molecular weight is 292 g/mol.